The normalized spacial score (nSPS) is 11.3. The molecule has 4 heteroatoms. The number of aromatic nitrogens is 2. The zero-order valence-electron chi connectivity index (χ0n) is 8.07. The number of fused-ring (bicyclic) bond motifs is 3. The molecule has 0 aliphatic carbocycles. The summed E-state index contributed by atoms with van der Waals surface area (Å²) in [6.45, 7) is 1.99. The third-order valence-corrected chi connectivity index (χ3v) is 2.45. The largest absolute Gasteiger partial charge is 0.443 e. The molecule has 15 heavy (non-hydrogen) atoms. The lowest BCUT2D eigenvalue weighted by Crippen LogP contribution is -2.05. The summed E-state index contributed by atoms with van der Waals surface area (Å²) in [5.41, 5.74) is 2.59. The Morgan fingerprint density at radius 3 is 3.13 bits per heavy atom. The van der Waals surface area contributed by atoms with Gasteiger partial charge < -0.3 is 9.40 Å². The molecule has 0 aliphatic rings. The van der Waals surface area contributed by atoms with Crippen LogP contribution in [0.2, 0.25) is 0 Å². The first-order valence-electron chi connectivity index (χ1n) is 4.61. The molecule has 3 rings (SSSR count). The Morgan fingerprint density at radius 2 is 2.27 bits per heavy atom. The van der Waals surface area contributed by atoms with Gasteiger partial charge in [0.15, 0.2) is 17.5 Å². The fourth-order valence-corrected chi connectivity index (χ4v) is 1.74. The van der Waals surface area contributed by atoms with Gasteiger partial charge in [-0.1, -0.05) is 11.6 Å². The van der Waals surface area contributed by atoms with Crippen LogP contribution in [-0.4, -0.2) is 9.97 Å². The smallest absolute Gasteiger partial charge is 0.278 e. The molecule has 1 N–H and O–H groups in total. The fourth-order valence-electron chi connectivity index (χ4n) is 1.74. The average molecular weight is 200 g/mol. The van der Waals surface area contributed by atoms with Gasteiger partial charge in [-0.05, 0) is 19.1 Å². The Kier molecular flexibility index (Phi) is 1.48. The third-order valence-electron chi connectivity index (χ3n) is 2.45. The number of pyridine rings is 1. The number of hydrogen-bond donors (Lipinski definition) is 1. The van der Waals surface area contributed by atoms with E-state index in [2.05, 4.69) is 9.97 Å². The highest BCUT2D eigenvalue weighted by atomic mass is 16.3. The molecule has 1 aromatic carbocycles. The second kappa shape index (κ2) is 2.70. The van der Waals surface area contributed by atoms with E-state index >= 15 is 0 Å². The topological polar surface area (TPSA) is 58.9 Å². The Morgan fingerprint density at radius 1 is 1.40 bits per heavy atom. The van der Waals surface area contributed by atoms with Gasteiger partial charge >= 0.3 is 0 Å². The Hall–Kier alpha value is -2.10. The van der Waals surface area contributed by atoms with E-state index in [1.807, 2.05) is 25.1 Å². The molecule has 2 aromatic heterocycles. The molecule has 0 unspecified atom stereocenters. The maximum absolute atomic E-state index is 11.6. The van der Waals surface area contributed by atoms with Gasteiger partial charge in [-0.15, -0.1) is 0 Å². The van der Waals surface area contributed by atoms with Crippen molar-refractivity contribution in [2.24, 2.45) is 0 Å². The molecule has 0 bridgehead atoms. The van der Waals surface area contributed by atoms with Gasteiger partial charge in [-0.3, -0.25) is 4.79 Å². The lowest BCUT2D eigenvalue weighted by Gasteiger charge is -1.98. The number of nitrogens with zero attached hydrogens (tertiary/aromatic N) is 1. The quantitative estimate of drug-likeness (QED) is 0.603. The van der Waals surface area contributed by atoms with Crippen molar-refractivity contribution in [3.05, 3.63) is 40.5 Å². The predicted octanol–water partition coefficient (Wildman–Crippen LogP) is 1.98. The van der Waals surface area contributed by atoms with Crippen LogP contribution in [0.1, 0.15) is 5.56 Å². The van der Waals surface area contributed by atoms with Crippen molar-refractivity contribution < 1.29 is 4.42 Å². The molecule has 0 spiro atoms. The zero-order valence-corrected chi connectivity index (χ0v) is 8.07. The number of benzene rings is 1. The van der Waals surface area contributed by atoms with Gasteiger partial charge in [0.25, 0.3) is 5.56 Å². The van der Waals surface area contributed by atoms with Crippen molar-refractivity contribution in [3.8, 4) is 0 Å². The van der Waals surface area contributed by atoms with Gasteiger partial charge in [0.05, 0.1) is 5.52 Å². The van der Waals surface area contributed by atoms with Crippen LogP contribution in [0.3, 0.4) is 0 Å². The second-order valence-electron chi connectivity index (χ2n) is 3.53. The molecule has 74 valence electrons. The number of H-pyrrole nitrogens is 1. The molecule has 0 fully saturated rings. The summed E-state index contributed by atoms with van der Waals surface area (Å²) in [6.07, 6.45) is 1.29. The number of aryl methyl sites for hydroxylation is 1. The minimum absolute atomic E-state index is 0.213. The van der Waals surface area contributed by atoms with Crippen LogP contribution in [0.25, 0.3) is 22.0 Å². The Labute approximate surface area is 84.6 Å². The minimum Gasteiger partial charge on any atom is -0.443 e. The van der Waals surface area contributed by atoms with Crippen molar-refractivity contribution in [2.75, 3.05) is 0 Å². The van der Waals surface area contributed by atoms with E-state index in [1.54, 1.807) is 0 Å². The van der Waals surface area contributed by atoms with Crippen molar-refractivity contribution in [2.45, 2.75) is 6.92 Å². The van der Waals surface area contributed by atoms with Crippen molar-refractivity contribution >= 4 is 22.0 Å². The second-order valence-corrected chi connectivity index (χ2v) is 3.53. The summed E-state index contributed by atoms with van der Waals surface area (Å²) in [7, 11) is 0. The summed E-state index contributed by atoms with van der Waals surface area (Å²) in [4.78, 5) is 18.2. The third kappa shape index (κ3) is 1.08. The van der Waals surface area contributed by atoms with Crippen LogP contribution in [0.4, 0.5) is 0 Å². The molecule has 0 saturated carbocycles. The van der Waals surface area contributed by atoms with Crippen molar-refractivity contribution in [3.63, 3.8) is 0 Å². The number of nitrogens with one attached hydrogen (secondary N) is 1. The first-order valence-corrected chi connectivity index (χ1v) is 4.61. The first kappa shape index (κ1) is 8.23. The molecular weight excluding hydrogens is 192 g/mol. The number of rotatable bonds is 0. The molecule has 3 aromatic rings. The van der Waals surface area contributed by atoms with Gasteiger partial charge in [0.2, 0.25) is 0 Å². The van der Waals surface area contributed by atoms with Crippen LogP contribution in [0, 0.1) is 6.92 Å². The average Bonchev–Trinajstić information content (AvgIpc) is 2.69. The summed E-state index contributed by atoms with van der Waals surface area (Å²) in [5, 5.41) is 0.891. The van der Waals surface area contributed by atoms with Crippen LogP contribution in [-0.2, 0) is 0 Å². The van der Waals surface area contributed by atoms with Crippen LogP contribution in [0.5, 0.6) is 0 Å². The van der Waals surface area contributed by atoms with Gasteiger partial charge in [0.1, 0.15) is 0 Å². The summed E-state index contributed by atoms with van der Waals surface area (Å²) < 4.78 is 5.24. The number of hydrogen-bond acceptors (Lipinski definition) is 3. The minimum atomic E-state index is -0.213. The molecule has 0 saturated heterocycles. The van der Waals surface area contributed by atoms with Gasteiger partial charge in [0, 0.05) is 5.39 Å². The number of aromatic amines is 1. The van der Waals surface area contributed by atoms with E-state index < -0.39 is 0 Å². The SMILES string of the molecule is Cc1ccc2[nH]c(=O)c3ncoc3c2c1. The highest BCUT2D eigenvalue weighted by Crippen LogP contribution is 2.20. The van der Waals surface area contributed by atoms with Crippen LogP contribution < -0.4 is 5.56 Å². The summed E-state index contributed by atoms with van der Waals surface area (Å²) in [5.74, 6) is 0. The molecule has 0 radical (unpaired) electrons. The Bertz CT molecular complexity index is 709. The molecule has 2 heterocycles. The molecule has 0 atom stereocenters. The van der Waals surface area contributed by atoms with E-state index in [0.29, 0.717) is 11.1 Å². The monoisotopic (exact) mass is 200 g/mol. The van der Waals surface area contributed by atoms with Gasteiger partial charge in [-0.2, -0.15) is 0 Å². The summed E-state index contributed by atoms with van der Waals surface area (Å²) >= 11 is 0. The molecule has 0 amide bonds. The highest BCUT2D eigenvalue weighted by Gasteiger charge is 2.08. The van der Waals surface area contributed by atoms with E-state index in [9.17, 15) is 4.79 Å². The lowest BCUT2D eigenvalue weighted by molar-refractivity contribution is 0.605. The first-order chi connectivity index (χ1) is 7.25. The standard InChI is InChI=1S/C11H8N2O2/c1-6-2-3-8-7(4-6)10-9(11(14)13-8)12-5-15-10/h2-5H,1H3,(H,13,14). The van der Waals surface area contributed by atoms with Crippen LogP contribution >= 0.6 is 0 Å². The van der Waals surface area contributed by atoms with Crippen molar-refractivity contribution in [1.82, 2.24) is 9.97 Å². The zero-order chi connectivity index (χ0) is 10.4. The van der Waals surface area contributed by atoms with E-state index in [-0.39, 0.29) is 5.56 Å². The maximum atomic E-state index is 11.6. The van der Waals surface area contributed by atoms with E-state index in [4.69, 9.17) is 4.42 Å². The highest BCUT2D eigenvalue weighted by molar-refractivity contribution is 6.00. The fraction of sp³-hybridized carbons (Fsp3) is 0.0909. The van der Waals surface area contributed by atoms with E-state index in [1.165, 1.54) is 6.39 Å². The maximum Gasteiger partial charge on any atom is 0.278 e. The van der Waals surface area contributed by atoms with Crippen LogP contribution in [0.15, 0.2) is 33.8 Å². The Balaban J connectivity index is 2.67. The summed E-state index contributed by atoms with van der Waals surface area (Å²) in [6, 6.07) is 5.79. The van der Waals surface area contributed by atoms with Gasteiger partial charge in [-0.25, -0.2) is 4.98 Å². The molecular formula is C11H8N2O2. The van der Waals surface area contributed by atoms with E-state index in [0.717, 1.165) is 16.5 Å². The van der Waals surface area contributed by atoms with Crippen molar-refractivity contribution in [1.29, 1.82) is 0 Å². The molecule has 0 aliphatic heterocycles. The lowest BCUT2D eigenvalue weighted by atomic mass is 10.1. The predicted molar refractivity (Wildman–Crippen MR) is 56.9 cm³/mol. The molecule has 4 nitrogen and oxygen atoms in total. The number of oxazole rings is 1.